The first-order chi connectivity index (χ1) is 24.4. The molecule has 0 aliphatic rings. The van der Waals surface area contributed by atoms with Crippen LogP contribution in [0, 0.1) is 0 Å². The number of aryl methyl sites for hydroxylation is 1. The SMILES string of the molecule is OCc1cc(C(O)CNCCCCCCOCC(CCc2ccccc2)OCCCCCCNCC(O)c2ccc(O)c(CO)c2)ccc1O. The number of rotatable bonds is 28. The molecule has 0 saturated carbocycles. The number of aliphatic hydroxyl groups excluding tert-OH is 4. The van der Waals surface area contributed by atoms with Gasteiger partial charge < -0.3 is 50.7 Å². The van der Waals surface area contributed by atoms with Crippen molar-refractivity contribution in [2.24, 2.45) is 0 Å². The predicted octanol–water partition coefficient (Wildman–Crippen LogP) is 5.18. The van der Waals surface area contributed by atoms with Crippen LogP contribution in [-0.2, 0) is 29.1 Å². The molecule has 0 bridgehead atoms. The van der Waals surface area contributed by atoms with E-state index in [1.54, 1.807) is 24.3 Å². The summed E-state index contributed by atoms with van der Waals surface area (Å²) in [6, 6.07) is 20.1. The molecular formula is C40H60N2O8. The minimum Gasteiger partial charge on any atom is -0.508 e. The van der Waals surface area contributed by atoms with Crippen LogP contribution in [0.25, 0.3) is 0 Å². The monoisotopic (exact) mass is 696 g/mol. The van der Waals surface area contributed by atoms with E-state index in [2.05, 4.69) is 34.9 Å². The van der Waals surface area contributed by atoms with Crippen LogP contribution in [0.4, 0.5) is 0 Å². The van der Waals surface area contributed by atoms with Crippen molar-refractivity contribution in [1.82, 2.24) is 10.6 Å². The van der Waals surface area contributed by atoms with E-state index in [4.69, 9.17) is 9.47 Å². The number of unbranched alkanes of at least 4 members (excludes halogenated alkanes) is 6. The molecule has 10 heteroatoms. The molecule has 0 radical (unpaired) electrons. The van der Waals surface area contributed by atoms with Gasteiger partial charge in [-0.25, -0.2) is 0 Å². The lowest BCUT2D eigenvalue weighted by atomic mass is 10.1. The number of aromatic hydroxyl groups is 2. The van der Waals surface area contributed by atoms with Gasteiger partial charge in [-0.3, -0.25) is 0 Å². The minimum atomic E-state index is -0.695. The van der Waals surface area contributed by atoms with Crippen LogP contribution >= 0.6 is 0 Å². The van der Waals surface area contributed by atoms with E-state index in [9.17, 15) is 30.6 Å². The fourth-order valence-electron chi connectivity index (χ4n) is 5.76. The summed E-state index contributed by atoms with van der Waals surface area (Å²) in [5, 5.41) is 65.4. The number of aliphatic hydroxyl groups is 4. The first-order valence-corrected chi connectivity index (χ1v) is 18.3. The van der Waals surface area contributed by atoms with Gasteiger partial charge >= 0.3 is 0 Å². The molecular weight excluding hydrogens is 636 g/mol. The molecule has 50 heavy (non-hydrogen) atoms. The van der Waals surface area contributed by atoms with Gasteiger partial charge in [-0.05, 0) is 92.6 Å². The van der Waals surface area contributed by atoms with Crippen LogP contribution in [0.3, 0.4) is 0 Å². The molecule has 0 aliphatic carbocycles. The Bertz CT molecular complexity index is 1310. The van der Waals surface area contributed by atoms with Gasteiger partial charge in [0.25, 0.3) is 0 Å². The van der Waals surface area contributed by atoms with E-state index in [-0.39, 0.29) is 30.8 Å². The van der Waals surface area contributed by atoms with Crippen LogP contribution in [0.15, 0.2) is 66.7 Å². The highest BCUT2D eigenvalue weighted by Crippen LogP contribution is 2.23. The Labute approximate surface area is 298 Å². The highest BCUT2D eigenvalue weighted by Gasteiger charge is 2.12. The highest BCUT2D eigenvalue weighted by atomic mass is 16.5. The predicted molar refractivity (Wildman–Crippen MR) is 196 cm³/mol. The third-order valence-electron chi connectivity index (χ3n) is 8.89. The summed E-state index contributed by atoms with van der Waals surface area (Å²) in [6.07, 6.45) is 8.85. The maximum absolute atomic E-state index is 10.4. The summed E-state index contributed by atoms with van der Waals surface area (Å²) in [5.74, 6) is 0.0665. The van der Waals surface area contributed by atoms with E-state index in [1.165, 1.54) is 17.7 Å². The van der Waals surface area contributed by atoms with Gasteiger partial charge in [-0.15, -0.1) is 0 Å². The van der Waals surface area contributed by atoms with Gasteiger partial charge in [-0.2, -0.15) is 0 Å². The molecule has 3 atom stereocenters. The summed E-state index contributed by atoms with van der Waals surface area (Å²) in [4.78, 5) is 0. The molecule has 10 nitrogen and oxygen atoms in total. The summed E-state index contributed by atoms with van der Waals surface area (Å²) < 4.78 is 12.3. The van der Waals surface area contributed by atoms with Crippen molar-refractivity contribution in [3.05, 3.63) is 94.5 Å². The topological polar surface area (TPSA) is 164 Å². The van der Waals surface area contributed by atoms with Gasteiger partial charge in [0.05, 0.1) is 38.1 Å². The third kappa shape index (κ3) is 16.3. The van der Waals surface area contributed by atoms with Crippen molar-refractivity contribution in [3.63, 3.8) is 0 Å². The van der Waals surface area contributed by atoms with E-state index >= 15 is 0 Å². The first-order valence-electron chi connectivity index (χ1n) is 18.3. The average molecular weight is 697 g/mol. The van der Waals surface area contributed by atoms with Gasteiger partial charge in [0.15, 0.2) is 0 Å². The Hall–Kier alpha value is -3.06. The van der Waals surface area contributed by atoms with Crippen molar-refractivity contribution >= 4 is 0 Å². The van der Waals surface area contributed by atoms with Gasteiger partial charge in [0, 0.05) is 37.4 Å². The molecule has 8 N–H and O–H groups in total. The second-order valence-corrected chi connectivity index (χ2v) is 13.0. The molecule has 3 rings (SSSR count). The maximum atomic E-state index is 10.4. The van der Waals surface area contributed by atoms with Crippen LogP contribution < -0.4 is 10.6 Å². The Kier molecular flexibility index (Phi) is 20.7. The molecule has 0 fully saturated rings. The van der Waals surface area contributed by atoms with Crippen LogP contribution in [0.5, 0.6) is 11.5 Å². The summed E-state index contributed by atoms with van der Waals surface area (Å²) >= 11 is 0. The van der Waals surface area contributed by atoms with Gasteiger partial charge in [-0.1, -0.05) is 68.1 Å². The van der Waals surface area contributed by atoms with E-state index in [1.807, 2.05) is 6.07 Å². The summed E-state index contributed by atoms with van der Waals surface area (Å²) in [5.41, 5.74) is 3.48. The Morgan fingerprint density at radius 2 is 1.12 bits per heavy atom. The summed E-state index contributed by atoms with van der Waals surface area (Å²) in [6.45, 7) is 3.94. The van der Waals surface area contributed by atoms with Crippen molar-refractivity contribution in [1.29, 1.82) is 0 Å². The second-order valence-electron chi connectivity index (χ2n) is 13.0. The lowest BCUT2D eigenvalue weighted by molar-refractivity contribution is -0.0222. The lowest BCUT2D eigenvalue weighted by Gasteiger charge is -2.18. The molecule has 3 aromatic carbocycles. The molecule has 0 aliphatic heterocycles. The maximum Gasteiger partial charge on any atom is 0.121 e. The number of nitrogens with one attached hydrogen (secondary N) is 2. The molecule has 0 spiro atoms. The lowest BCUT2D eigenvalue weighted by Crippen LogP contribution is -2.23. The molecule has 0 saturated heterocycles. The van der Waals surface area contributed by atoms with E-state index in [0.29, 0.717) is 55.2 Å². The molecule has 0 amide bonds. The fraction of sp³-hybridized carbons (Fsp3) is 0.550. The standard InChI is InChI=1S/C40H60N2O8/c43-28-34-24-32(15-18-37(34)45)39(47)26-41-20-8-1-3-10-22-49-30-36(17-14-31-12-6-5-7-13-31)50-23-11-4-2-9-21-42-27-40(48)33-16-19-38(46)35(25-33)29-44/h5-7,12-13,15-16,18-19,24-25,36,39-48H,1-4,8-11,14,17,20-23,26-30H2. The van der Waals surface area contributed by atoms with Crippen molar-refractivity contribution in [2.75, 3.05) is 46.0 Å². The second kappa shape index (κ2) is 25.0. The number of ether oxygens (including phenoxy) is 2. The minimum absolute atomic E-state index is 0.0332. The van der Waals surface area contributed by atoms with Crippen molar-refractivity contribution < 1.29 is 40.1 Å². The van der Waals surface area contributed by atoms with Crippen LogP contribution in [0.2, 0.25) is 0 Å². The molecule has 3 unspecified atom stereocenters. The molecule has 0 heterocycles. The van der Waals surface area contributed by atoms with Gasteiger partial charge in [0.2, 0.25) is 0 Å². The zero-order chi connectivity index (χ0) is 35.8. The fourth-order valence-corrected chi connectivity index (χ4v) is 5.76. The first kappa shape index (κ1) is 41.4. The normalized spacial score (nSPS) is 13.4. The van der Waals surface area contributed by atoms with Gasteiger partial charge in [0.1, 0.15) is 11.5 Å². The highest BCUT2D eigenvalue weighted by molar-refractivity contribution is 5.37. The quantitative estimate of drug-likeness (QED) is 0.0475. The number of hydrogen-bond donors (Lipinski definition) is 8. The summed E-state index contributed by atoms with van der Waals surface area (Å²) in [7, 11) is 0. The van der Waals surface area contributed by atoms with Crippen molar-refractivity contribution in [3.8, 4) is 11.5 Å². The van der Waals surface area contributed by atoms with Crippen molar-refractivity contribution in [2.45, 2.75) is 95.7 Å². The zero-order valence-electron chi connectivity index (χ0n) is 29.5. The largest absolute Gasteiger partial charge is 0.508 e. The average Bonchev–Trinajstić information content (AvgIpc) is 3.14. The number of benzene rings is 3. The Morgan fingerprint density at radius 1 is 0.600 bits per heavy atom. The van der Waals surface area contributed by atoms with Crippen LogP contribution in [0.1, 0.15) is 97.8 Å². The van der Waals surface area contributed by atoms with E-state index in [0.717, 1.165) is 77.3 Å². The smallest absolute Gasteiger partial charge is 0.121 e. The number of phenols is 2. The van der Waals surface area contributed by atoms with E-state index < -0.39 is 12.2 Å². The third-order valence-corrected chi connectivity index (χ3v) is 8.89. The number of hydrogen-bond acceptors (Lipinski definition) is 10. The molecule has 3 aromatic rings. The Morgan fingerprint density at radius 3 is 1.66 bits per heavy atom. The Balaban J connectivity index is 1.22. The molecule has 278 valence electrons. The molecule has 0 aromatic heterocycles. The zero-order valence-corrected chi connectivity index (χ0v) is 29.5. The van der Waals surface area contributed by atoms with Crippen LogP contribution in [-0.4, -0.2) is 82.7 Å².